The summed E-state index contributed by atoms with van der Waals surface area (Å²) in [5, 5.41) is 0. The molecule has 4 rings (SSSR count). The molecule has 3 aromatic rings. The highest BCUT2D eigenvalue weighted by Crippen LogP contribution is 2.37. The molecule has 0 bridgehead atoms. The highest BCUT2D eigenvalue weighted by atomic mass is 19.4. The van der Waals surface area contributed by atoms with Gasteiger partial charge >= 0.3 is 6.18 Å². The lowest BCUT2D eigenvalue weighted by Crippen LogP contribution is -2.11. The predicted molar refractivity (Wildman–Crippen MR) is 109 cm³/mol. The standard InChI is InChI=1S/C22H17F3N2O.CH3F/c23-22(24,25)19-8-2-1-7-18(19)20-10-9-17(28-20)13-15-5-4-12-27-21(15)16-6-3-11-26-14-16;1-2/h1-3,6-11,13-14H,4-5,12H2;1H3/b15-13+;. The molecule has 0 aliphatic carbocycles. The Balaban J connectivity index is 0.00000124. The molecular formula is C23H20F4N2O. The topological polar surface area (TPSA) is 38.4 Å². The molecule has 156 valence electrons. The van der Waals surface area contributed by atoms with Gasteiger partial charge in [-0.1, -0.05) is 18.2 Å². The summed E-state index contributed by atoms with van der Waals surface area (Å²) in [5.74, 6) is 0.691. The largest absolute Gasteiger partial charge is 0.457 e. The number of aromatic nitrogens is 1. The van der Waals surface area contributed by atoms with E-state index in [0.29, 0.717) is 12.9 Å². The number of nitrogens with zero attached hydrogens (tertiary/aromatic N) is 2. The number of rotatable bonds is 3. The molecule has 1 aromatic carbocycles. The van der Waals surface area contributed by atoms with E-state index in [2.05, 4.69) is 9.98 Å². The van der Waals surface area contributed by atoms with Gasteiger partial charge in [0, 0.05) is 30.1 Å². The molecule has 30 heavy (non-hydrogen) atoms. The van der Waals surface area contributed by atoms with Crippen molar-refractivity contribution in [2.75, 3.05) is 13.7 Å². The van der Waals surface area contributed by atoms with E-state index in [0.717, 1.165) is 42.3 Å². The van der Waals surface area contributed by atoms with E-state index in [9.17, 15) is 17.6 Å². The first kappa shape index (κ1) is 21.5. The number of halogens is 4. The average molecular weight is 416 g/mol. The third kappa shape index (κ3) is 4.84. The summed E-state index contributed by atoms with van der Waals surface area (Å²) in [6.07, 6.45) is 2.61. The van der Waals surface area contributed by atoms with Crippen molar-refractivity contribution in [2.24, 2.45) is 4.99 Å². The highest BCUT2D eigenvalue weighted by molar-refractivity contribution is 6.15. The molecule has 7 heteroatoms. The van der Waals surface area contributed by atoms with E-state index in [-0.39, 0.29) is 11.3 Å². The second-order valence-electron chi connectivity index (χ2n) is 6.49. The summed E-state index contributed by atoms with van der Waals surface area (Å²) < 4.78 is 55.1. The van der Waals surface area contributed by atoms with E-state index in [1.807, 2.05) is 18.2 Å². The Morgan fingerprint density at radius 3 is 2.53 bits per heavy atom. The molecule has 3 heterocycles. The number of benzene rings is 1. The fourth-order valence-electron chi connectivity index (χ4n) is 3.29. The Kier molecular flexibility index (Phi) is 6.82. The van der Waals surface area contributed by atoms with Crippen LogP contribution < -0.4 is 0 Å². The van der Waals surface area contributed by atoms with Crippen molar-refractivity contribution in [1.82, 2.24) is 4.98 Å². The molecule has 0 saturated carbocycles. The number of furan rings is 1. The molecule has 1 aliphatic heterocycles. The number of allylic oxidation sites excluding steroid dienone is 1. The molecule has 0 spiro atoms. The van der Waals surface area contributed by atoms with Crippen LogP contribution in [0, 0.1) is 0 Å². The van der Waals surface area contributed by atoms with Crippen LogP contribution in [0.25, 0.3) is 17.4 Å². The van der Waals surface area contributed by atoms with Gasteiger partial charge < -0.3 is 4.42 Å². The van der Waals surface area contributed by atoms with Crippen LogP contribution in [0.4, 0.5) is 17.6 Å². The lowest BCUT2D eigenvalue weighted by Gasteiger charge is -2.15. The Labute approximate surface area is 171 Å². The van der Waals surface area contributed by atoms with Crippen molar-refractivity contribution in [2.45, 2.75) is 19.0 Å². The zero-order valence-electron chi connectivity index (χ0n) is 16.3. The van der Waals surface area contributed by atoms with Gasteiger partial charge in [-0.15, -0.1) is 0 Å². The quantitative estimate of drug-likeness (QED) is 0.451. The molecule has 0 saturated heterocycles. The number of hydrogen-bond acceptors (Lipinski definition) is 3. The predicted octanol–water partition coefficient (Wildman–Crippen LogP) is 6.61. The van der Waals surface area contributed by atoms with Gasteiger partial charge in [0.1, 0.15) is 11.5 Å². The fourth-order valence-corrected chi connectivity index (χ4v) is 3.29. The number of alkyl halides is 4. The van der Waals surface area contributed by atoms with E-state index >= 15 is 0 Å². The molecule has 0 radical (unpaired) electrons. The van der Waals surface area contributed by atoms with Gasteiger partial charge in [-0.05, 0) is 54.8 Å². The molecule has 2 aromatic heterocycles. The van der Waals surface area contributed by atoms with Crippen LogP contribution in [0.2, 0.25) is 0 Å². The van der Waals surface area contributed by atoms with Gasteiger partial charge in [-0.3, -0.25) is 14.4 Å². The minimum atomic E-state index is -4.44. The van der Waals surface area contributed by atoms with Gasteiger partial charge in [0.2, 0.25) is 0 Å². The molecule has 1 aliphatic rings. The van der Waals surface area contributed by atoms with Gasteiger partial charge in [0.25, 0.3) is 0 Å². The first-order valence-corrected chi connectivity index (χ1v) is 9.32. The SMILES string of the molecule is CF.FC(F)(F)c1ccccc1-c1ccc(/C=C2\CCCN=C2c2cccnc2)o1. The van der Waals surface area contributed by atoms with Gasteiger partial charge in [0.05, 0.1) is 18.5 Å². The smallest absolute Gasteiger partial charge is 0.417 e. The van der Waals surface area contributed by atoms with Crippen molar-refractivity contribution in [3.63, 3.8) is 0 Å². The molecule has 0 unspecified atom stereocenters. The average Bonchev–Trinajstić information content (AvgIpc) is 3.24. The maximum atomic E-state index is 13.3. The lowest BCUT2D eigenvalue weighted by molar-refractivity contribution is -0.137. The van der Waals surface area contributed by atoms with Crippen molar-refractivity contribution in [3.8, 4) is 11.3 Å². The minimum absolute atomic E-state index is 0.0319. The summed E-state index contributed by atoms with van der Waals surface area (Å²) >= 11 is 0. The first-order valence-electron chi connectivity index (χ1n) is 9.32. The van der Waals surface area contributed by atoms with Crippen molar-refractivity contribution in [3.05, 3.63) is 83.4 Å². The summed E-state index contributed by atoms with van der Waals surface area (Å²) in [6.45, 7) is 0.740. The van der Waals surface area contributed by atoms with Crippen LogP contribution in [0.1, 0.15) is 29.7 Å². The third-order valence-corrected chi connectivity index (χ3v) is 4.55. The van der Waals surface area contributed by atoms with Crippen LogP contribution in [0.3, 0.4) is 0 Å². The molecule has 0 fully saturated rings. The van der Waals surface area contributed by atoms with Crippen molar-refractivity contribution < 1.29 is 22.0 Å². The van der Waals surface area contributed by atoms with E-state index < -0.39 is 11.7 Å². The van der Waals surface area contributed by atoms with Crippen LogP contribution in [-0.4, -0.2) is 24.4 Å². The summed E-state index contributed by atoms with van der Waals surface area (Å²) in [4.78, 5) is 8.75. The van der Waals surface area contributed by atoms with E-state index in [1.54, 1.807) is 30.6 Å². The minimum Gasteiger partial charge on any atom is -0.457 e. The molecule has 0 atom stereocenters. The lowest BCUT2D eigenvalue weighted by atomic mass is 9.96. The zero-order valence-corrected chi connectivity index (χ0v) is 16.3. The van der Waals surface area contributed by atoms with E-state index in [4.69, 9.17) is 4.42 Å². The van der Waals surface area contributed by atoms with Crippen LogP contribution in [-0.2, 0) is 6.18 Å². The second kappa shape index (κ2) is 9.52. The normalized spacial score (nSPS) is 15.4. The molecule has 3 nitrogen and oxygen atoms in total. The van der Waals surface area contributed by atoms with Crippen molar-refractivity contribution >= 4 is 11.8 Å². The Morgan fingerprint density at radius 1 is 1.00 bits per heavy atom. The summed E-state index contributed by atoms with van der Waals surface area (Å²) in [6, 6.07) is 12.5. The Bertz CT molecular complexity index is 1040. The molecule has 0 amide bonds. The fraction of sp³-hybridized carbons (Fsp3) is 0.217. The van der Waals surface area contributed by atoms with Crippen LogP contribution >= 0.6 is 0 Å². The van der Waals surface area contributed by atoms with Crippen molar-refractivity contribution in [1.29, 1.82) is 0 Å². The molecular weight excluding hydrogens is 396 g/mol. The number of hydrogen-bond donors (Lipinski definition) is 0. The number of pyridine rings is 1. The monoisotopic (exact) mass is 416 g/mol. The summed E-state index contributed by atoms with van der Waals surface area (Å²) in [7, 11) is 0.500. The van der Waals surface area contributed by atoms with Gasteiger partial charge in [0.15, 0.2) is 0 Å². The first-order chi connectivity index (χ1) is 14.5. The number of aliphatic imine (C=N–C) groups is 1. The zero-order chi connectivity index (χ0) is 21.6. The maximum Gasteiger partial charge on any atom is 0.417 e. The highest BCUT2D eigenvalue weighted by Gasteiger charge is 2.34. The van der Waals surface area contributed by atoms with Gasteiger partial charge in [-0.25, -0.2) is 0 Å². The summed E-state index contributed by atoms with van der Waals surface area (Å²) in [5.41, 5.74) is 2.09. The van der Waals surface area contributed by atoms with E-state index in [1.165, 1.54) is 12.1 Å². The maximum absolute atomic E-state index is 13.3. The Morgan fingerprint density at radius 2 is 1.80 bits per heavy atom. The second-order valence-corrected chi connectivity index (χ2v) is 6.49. The van der Waals surface area contributed by atoms with Crippen LogP contribution in [0.5, 0.6) is 0 Å². The third-order valence-electron chi connectivity index (χ3n) is 4.55. The molecule has 0 N–H and O–H groups in total. The van der Waals surface area contributed by atoms with Gasteiger partial charge in [-0.2, -0.15) is 13.2 Å². The van der Waals surface area contributed by atoms with Crippen LogP contribution in [0.15, 0.2) is 75.9 Å². The Hall–Kier alpha value is -3.22.